The third kappa shape index (κ3) is 4.18. The van der Waals surface area contributed by atoms with E-state index in [0.717, 1.165) is 19.3 Å². The molecule has 1 unspecified atom stereocenters. The van der Waals surface area contributed by atoms with Crippen LogP contribution in [0.4, 0.5) is 0 Å². The Kier molecular flexibility index (Phi) is 5.53. The Morgan fingerprint density at radius 2 is 1.83 bits per heavy atom. The zero-order valence-corrected chi connectivity index (χ0v) is 14.3. The molecular weight excluding hydrogens is 290 g/mol. The van der Waals surface area contributed by atoms with Gasteiger partial charge >= 0.3 is 0 Å². The number of benzene rings is 1. The van der Waals surface area contributed by atoms with Crippen LogP contribution in [0.2, 0.25) is 0 Å². The van der Waals surface area contributed by atoms with Crippen molar-refractivity contribution < 1.29 is 4.79 Å². The summed E-state index contributed by atoms with van der Waals surface area (Å²) in [5, 5.41) is 8.26. The number of rotatable bonds is 6. The summed E-state index contributed by atoms with van der Waals surface area (Å²) in [7, 11) is 1.57. The number of nitrogens with one attached hydrogen (secondary N) is 1. The minimum absolute atomic E-state index is 0.0825. The molecule has 2 aromatic rings. The van der Waals surface area contributed by atoms with Gasteiger partial charge in [0.05, 0.1) is 5.39 Å². The van der Waals surface area contributed by atoms with E-state index < -0.39 is 0 Å². The van der Waals surface area contributed by atoms with Crippen LogP contribution in [-0.4, -0.2) is 21.7 Å². The lowest BCUT2D eigenvalue weighted by atomic mass is 10.0. The maximum atomic E-state index is 12.5. The van der Waals surface area contributed by atoms with Crippen LogP contribution in [0.15, 0.2) is 29.1 Å². The number of aryl methyl sites for hydroxylation is 1. The molecule has 1 aromatic carbocycles. The van der Waals surface area contributed by atoms with Gasteiger partial charge < -0.3 is 5.32 Å². The maximum absolute atomic E-state index is 12.5. The van der Waals surface area contributed by atoms with E-state index in [1.54, 1.807) is 25.2 Å². The van der Waals surface area contributed by atoms with E-state index in [1.165, 1.54) is 4.68 Å². The van der Waals surface area contributed by atoms with E-state index in [1.807, 2.05) is 13.0 Å². The van der Waals surface area contributed by atoms with Gasteiger partial charge in [-0.3, -0.25) is 9.59 Å². The number of carbonyl (C=O) groups excluding carboxylic acids is 1. The minimum atomic E-state index is -0.228. The first-order chi connectivity index (χ1) is 10.9. The van der Waals surface area contributed by atoms with E-state index >= 15 is 0 Å². The molecule has 0 radical (unpaired) electrons. The number of aromatic nitrogens is 2. The molecule has 0 aliphatic carbocycles. The van der Waals surface area contributed by atoms with Crippen molar-refractivity contribution >= 4 is 16.7 Å². The lowest BCUT2D eigenvalue weighted by Gasteiger charge is -2.15. The van der Waals surface area contributed by atoms with E-state index in [-0.39, 0.29) is 17.5 Å². The summed E-state index contributed by atoms with van der Waals surface area (Å²) in [6, 6.07) is 7.18. The summed E-state index contributed by atoms with van der Waals surface area (Å²) in [5.74, 6) is 0.445. The second-order valence-corrected chi connectivity index (χ2v) is 6.52. The van der Waals surface area contributed by atoms with Crippen LogP contribution in [-0.2, 0) is 7.05 Å². The lowest BCUT2D eigenvalue weighted by Crippen LogP contribution is -2.35. The molecule has 5 nitrogen and oxygen atoms in total. The molecule has 1 N–H and O–H groups in total. The molecule has 2 rings (SSSR count). The molecule has 0 bridgehead atoms. The molecule has 0 saturated carbocycles. The summed E-state index contributed by atoms with van der Waals surface area (Å²) in [4.78, 5) is 24.6. The second-order valence-electron chi connectivity index (χ2n) is 6.52. The van der Waals surface area contributed by atoms with Gasteiger partial charge in [0.25, 0.3) is 11.5 Å². The van der Waals surface area contributed by atoms with Crippen molar-refractivity contribution in [2.45, 2.75) is 46.1 Å². The summed E-state index contributed by atoms with van der Waals surface area (Å²) >= 11 is 0. The van der Waals surface area contributed by atoms with Gasteiger partial charge in [-0.05, 0) is 25.3 Å². The Morgan fingerprint density at radius 1 is 1.17 bits per heavy atom. The highest BCUT2D eigenvalue weighted by Gasteiger charge is 2.17. The Morgan fingerprint density at radius 3 is 2.48 bits per heavy atom. The summed E-state index contributed by atoms with van der Waals surface area (Å²) in [6.07, 6.45) is 3.18. The van der Waals surface area contributed by atoms with Crippen LogP contribution >= 0.6 is 0 Å². The molecular formula is C18H25N3O2. The second kappa shape index (κ2) is 7.40. The molecule has 0 spiro atoms. The zero-order chi connectivity index (χ0) is 17.0. The Hall–Kier alpha value is -2.17. The van der Waals surface area contributed by atoms with Gasteiger partial charge in [-0.15, -0.1) is 0 Å². The predicted molar refractivity (Wildman–Crippen MR) is 92.6 cm³/mol. The number of amides is 1. The monoisotopic (exact) mass is 315 g/mol. The molecule has 1 atom stereocenters. The van der Waals surface area contributed by atoms with E-state index in [9.17, 15) is 9.59 Å². The molecule has 124 valence electrons. The number of carbonyl (C=O) groups is 1. The molecule has 5 heteroatoms. The fraction of sp³-hybridized carbons (Fsp3) is 0.500. The third-order valence-electron chi connectivity index (χ3n) is 3.97. The highest BCUT2D eigenvalue weighted by Crippen LogP contribution is 2.14. The number of nitrogens with zero attached hydrogens (tertiary/aromatic N) is 2. The standard InChI is InChI=1S/C18H25N3O2/c1-12(2)8-7-9-13(3)19-17(22)16-14-10-5-6-11-15(14)18(23)21(4)20-16/h5-6,10-13H,7-9H2,1-4H3,(H,19,22). The van der Waals surface area contributed by atoms with Crippen molar-refractivity contribution in [3.05, 3.63) is 40.3 Å². The van der Waals surface area contributed by atoms with E-state index in [4.69, 9.17) is 0 Å². The minimum Gasteiger partial charge on any atom is -0.348 e. The van der Waals surface area contributed by atoms with Crippen LogP contribution < -0.4 is 10.9 Å². The van der Waals surface area contributed by atoms with Gasteiger partial charge in [0.1, 0.15) is 0 Å². The van der Waals surface area contributed by atoms with E-state index in [2.05, 4.69) is 24.3 Å². The summed E-state index contributed by atoms with van der Waals surface area (Å²) < 4.78 is 1.22. The fourth-order valence-electron chi connectivity index (χ4n) is 2.66. The van der Waals surface area contributed by atoms with Gasteiger partial charge in [0.2, 0.25) is 0 Å². The normalized spacial score (nSPS) is 12.6. The highest BCUT2D eigenvalue weighted by molar-refractivity contribution is 6.04. The van der Waals surface area contributed by atoms with Crippen LogP contribution in [0.5, 0.6) is 0 Å². The maximum Gasteiger partial charge on any atom is 0.274 e. The average molecular weight is 315 g/mol. The van der Waals surface area contributed by atoms with Crippen molar-refractivity contribution in [3.63, 3.8) is 0 Å². The van der Waals surface area contributed by atoms with Crippen LogP contribution in [0.3, 0.4) is 0 Å². The molecule has 1 amide bonds. The van der Waals surface area contributed by atoms with E-state index in [0.29, 0.717) is 22.4 Å². The first-order valence-electron chi connectivity index (χ1n) is 8.17. The first kappa shape index (κ1) is 17.2. The third-order valence-corrected chi connectivity index (χ3v) is 3.97. The lowest BCUT2D eigenvalue weighted by molar-refractivity contribution is 0.0932. The van der Waals surface area contributed by atoms with Gasteiger partial charge in [0.15, 0.2) is 5.69 Å². The van der Waals surface area contributed by atoms with Crippen molar-refractivity contribution in [2.24, 2.45) is 13.0 Å². The van der Waals surface area contributed by atoms with Gasteiger partial charge in [-0.1, -0.05) is 44.9 Å². The zero-order valence-electron chi connectivity index (χ0n) is 14.3. The summed E-state index contributed by atoms with van der Waals surface area (Å²) in [5.41, 5.74) is 0.112. The molecule has 0 saturated heterocycles. The van der Waals surface area contributed by atoms with Gasteiger partial charge in [-0.2, -0.15) is 5.10 Å². The Bertz CT molecular complexity index is 750. The van der Waals surface area contributed by atoms with Crippen LogP contribution in [0, 0.1) is 5.92 Å². The smallest absolute Gasteiger partial charge is 0.274 e. The van der Waals surface area contributed by atoms with Crippen molar-refractivity contribution in [1.29, 1.82) is 0 Å². The number of fused-ring (bicyclic) bond motifs is 1. The number of hydrogen-bond acceptors (Lipinski definition) is 3. The Labute approximate surface area is 136 Å². The fourth-order valence-corrected chi connectivity index (χ4v) is 2.66. The number of hydrogen-bond donors (Lipinski definition) is 1. The SMILES string of the molecule is CC(C)CCCC(C)NC(=O)c1nn(C)c(=O)c2ccccc12. The Balaban J connectivity index is 2.18. The molecule has 1 heterocycles. The molecule has 1 aromatic heterocycles. The largest absolute Gasteiger partial charge is 0.348 e. The first-order valence-corrected chi connectivity index (χ1v) is 8.17. The van der Waals surface area contributed by atoms with Crippen molar-refractivity contribution in [2.75, 3.05) is 0 Å². The molecule has 23 heavy (non-hydrogen) atoms. The average Bonchev–Trinajstić information content (AvgIpc) is 2.50. The van der Waals surface area contributed by atoms with Crippen LogP contribution in [0.1, 0.15) is 50.5 Å². The van der Waals surface area contributed by atoms with Crippen molar-refractivity contribution in [3.8, 4) is 0 Å². The van der Waals surface area contributed by atoms with Crippen LogP contribution in [0.25, 0.3) is 10.8 Å². The van der Waals surface area contributed by atoms with Gasteiger partial charge in [-0.25, -0.2) is 4.68 Å². The quantitative estimate of drug-likeness (QED) is 0.891. The molecule has 0 fully saturated rings. The highest BCUT2D eigenvalue weighted by atomic mass is 16.2. The van der Waals surface area contributed by atoms with Gasteiger partial charge in [0, 0.05) is 18.5 Å². The topological polar surface area (TPSA) is 64.0 Å². The molecule has 0 aliphatic rings. The summed E-state index contributed by atoms with van der Waals surface area (Å²) in [6.45, 7) is 6.40. The van der Waals surface area contributed by atoms with Crippen molar-refractivity contribution in [1.82, 2.24) is 15.1 Å². The predicted octanol–water partition coefficient (Wildman–Crippen LogP) is 2.88. The molecule has 0 aliphatic heterocycles.